The summed E-state index contributed by atoms with van der Waals surface area (Å²) < 4.78 is 7.10. The first-order chi connectivity index (χ1) is 6.25. The first-order valence-electron chi connectivity index (χ1n) is 4.73. The number of hydrogen-bond donors (Lipinski definition) is 0. The number of aromatic nitrogens is 2. The van der Waals surface area contributed by atoms with Crippen LogP contribution >= 0.6 is 0 Å². The molecule has 3 nitrogen and oxygen atoms in total. The van der Waals surface area contributed by atoms with Gasteiger partial charge in [-0.15, -0.1) is 0 Å². The molecular formula is C10H18N2O. The Morgan fingerprint density at radius 1 is 1.46 bits per heavy atom. The predicted octanol–water partition coefficient (Wildman–Crippen LogP) is 2.12. The molecule has 0 aliphatic rings. The van der Waals surface area contributed by atoms with Gasteiger partial charge in [-0.2, -0.15) is 5.10 Å². The topological polar surface area (TPSA) is 27.1 Å². The summed E-state index contributed by atoms with van der Waals surface area (Å²) in [7, 11) is 1.74. The van der Waals surface area contributed by atoms with Gasteiger partial charge in [0.2, 0.25) is 0 Å². The smallest absolute Gasteiger partial charge is 0.0564 e. The maximum atomic E-state index is 5.08. The monoisotopic (exact) mass is 182 g/mol. The molecule has 0 amide bonds. The fraction of sp³-hybridized carbons (Fsp3) is 0.700. The van der Waals surface area contributed by atoms with Crippen LogP contribution in [0.25, 0.3) is 0 Å². The minimum atomic E-state index is 0.454. The zero-order valence-corrected chi connectivity index (χ0v) is 8.60. The van der Waals surface area contributed by atoms with Gasteiger partial charge < -0.3 is 4.74 Å². The van der Waals surface area contributed by atoms with Crippen molar-refractivity contribution in [1.82, 2.24) is 9.78 Å². The SMILES string of the molecule is COCCC(C(C)C)n1cccn1. The molecule has 3 heteroatoms. The summed E-state index contributed by atoms with van der Waals surface area (Å²) in [5.41, 5.74) is 0. The van der Waals surface area contributed by atoms with Crippen LogP contribution in [0.1, 0.15) is 26.3 Å². The molecule has 0 bridgehead atoms. The van der Waals surface area contributed by atoms with E-state index in [9.17, 15) is 0 Å². The molecule has 1 unspecified atom stereocenters. The van der Waals surface area contributed by atoms with Gasteiger partial charge in [0, 0.05) is 26.1 Å². The fourth-order valence-corrected chi connectivity index (χ4v) is 1.49. The molecule has 0 saturated heterocycles. The van der Waals surface area contributed by atoms with Crippen LogP contribution in [0.2, 0.25) is 0 Å². The molecule has 0 aliphatic carbocycles. The second kappa shape index (κ2) is 5.02. The number of rotatable bonds is 5. The molecule has 0 radical (unpaired) electrons. The van der Waals surface area contributed by atoms with Crippen LogP contribution < -0.4 is 0 Å². The average molecular weight is 182 g/mol. The second-order valence-corrected chi connectivity index (χ2v) is 3.58. The van der Waals surface area contributed by atoms with Crippen molar-refractivity contribution < 1.29 is 4.74 Å². The van der Waals surface area contributed by atoms with Gasteiger partial charge in [0.15, 0.2) is 0 Å². The molecule has 1 heterocycles. The Morgan fingerprint density at radius 3 is 2.69 bits per heavy atom. The molecule has 0 fully saturated rings. The Kier molecular flexibility index (Phi) is 3.96. The third-order valence-corrected chi connectivity index (χ3v) is 2.25. The Hall–Kier alpha value is -0.830. The molecule has 13 heavy (non-hydrogen) atoms. The van der Waals surface area contributed by atoms with Gasteiger partial charge >= 0.3 is 0 Å². The second-order valence-electron chi connectivity index (χ2n) is 3.58. The number of nitrogens with zero attached hydrogens (tertiary/aromatic N) is 2. The number of hydrogen-bond acceptors (Lipinski definition) is 2. The van der Waals surface area contributed by atoms with E-state index in [1.807, 2.05) is 23.1 Å². The van der Waals surface area contributed by atoms with Crippen LogP contribution in [0, 0.1) is 5.92 Å². The largest absolute Gasteiger partial charge is 0.385 e. The standard InChI is InChI=1S/C10H18N2O/c1-9(2)10(5-8-13-3)12-7-4-6-11-12/h4,6-7,9-10H,5,8H2,1-3H3. The van der Waals surface area contributed by atoms with E-state index in [1.54, 1.807) is 7.11 Å². The van der Waals surface area contributed by atoms with Crippen molar-refractivity contribution in [3.8, 4) is 0 Å². The summed E-state index contributed by atoms with van der Waals surface area (Å²) >= 11 is 0. The van der Waals surface area contributed by atoms with Gasteiger partial charge in [-0.1, -0.05) is 13.8 Å². The molecule has 0 aliphatic heterocycles. The lowest BCUT2D eigenvalue weighted by Crippen LogP contribution is -2.17. The third-order valence-electron chi connectivity index (χ3n) is 2.25. The molecule has 0 saturated carbocycles. The van der Waals surface area contributed by atoms with Crippen molar-refractivity contribution in [3.63, 3.8) is 0 Å². The molecule has 1 rings (SSSR count). The number of ether oxygens (including phenoxy) is 1. The average Bonchev–Trinajstić information content (AvgIpc) is 2.57. The van der Waals surface area contributed by atoms with E-state index in [1.165, 1.54) is 0 Å². The van der Waals surface area contributed by atoms with Gasteiger partial charge in [0.05, 0.1) is 6.04 Å². The first kappa shape index (κ1) is 10.3. The summed E-state index contributed by atoms with van der Waals surface area (Å²) in [5.74, 6) is 0.593. The van der Waals surface area contributed by atoms with E-state index >= 15 is 0 Å². The van der Waals surface area contributed by atoms with Crippen molar-refractivity contribution in [1.29, 1.82) is 0 Å². The van der Waals surface area contributed by atoms with Crippen molar-refractivity contribution in [2.24, 2.45) is 5.92 Å². The van der Waals surface area contributed by atoms with Crippen LogP contribution in [0.4, 0.5) is 0 Å². The van der Waals surface area contributed by atoms with Crippen LogP contribution in [-0.2, 0) is 4.74 Å². The van der Waals surface area contributed by atoms with E-state index in [-0.39, 0.29) is 0 Å². The normalized spacial score (nSPS) is 13.5. The maximum Gasteiger partial charge on any atom is 0.0564 e. The fourth-order valence-electron chi connectivity index (χ4n) is 1.49. The summed E-state index contributed by atoms with van der Waals surface area (Å²) in [4.78, 5) is 0. The molecule has 0 aromatic carbocycles. The Bertz CT molecular complexity index is 219. The van der Waals surface area contributed by atoms with Gasteiger partial charge in [0.1, 0.15) is 0 Å². The molecule has 1 atom stereocenters. The quantitative estimate of drug-likeness (QED) is 0.697. The lowest BCUT2D eigenvalue weighted by Gasteiger charge is -2.20. The Labute approximate surface area is 79.7 Å². The highest BCUT2D eigenvalue weighted by atomic mass is 16.5. The molecular weight excluding hydrogens is 164 g/mol. The zero-order valence-electron chi connectivity index (χ0n) is 8.60. The lowest BCUT2D eigenvalue weighted by atomic mass is 10.0. The van der Waals surface area contributed by atoms with Crippen LogP contribution in [0.15, 0.2) is 18.5 Å². The van der Waals surface area contributed by atoms with Crippen LogP contribution in [-0.4, -0.2) is 23.5 Å². The van der Waals surface area contributed by atoms with Gasteiger partial charge in [-0.3, -0.25) is 4.68 Å². The van der Waals surface area contributed by atoms with E-state index in [2.05, 4.69) is 18.9 Å². The summed E-state index contributed by atoms with van der Waals surface area (Å²) in [5, 5.41) is 4.25. The molecule has 1 aromatic rings. The molecule has 0 spiro atoms. The predicted molar refractivity (Wildman–Crippen MR) is 52.6 cm³/mol. The highest BCUT2D eigenvalue weighted by molar-refractivity contribution is 4.82. The zero-order chi connectivity index (χ0) is 9.68. The van der Waals surface area contributed by atoms with E-state index < -0.39 is 0 Å². The lowest BCUT2D eigenvalue weighted by molar-refractivity contribution is 0.163. The van der Waals surface area contributed by atoms with Crippen molar-refractivity contribution >= 4 is 0 Å². The summed E-state index contributed by atoms with van der Waals surface area (Å²) in [6.45, 7) is 5.22. The van der Waals surface area contributed by atoms with Gasteiger partial charge in [0.25, 0.3) is 0 Å². The van der Waals surface area contributed by atoms with E-state index in [4.69, 9.17) is 4.74 Å². The van der Waals surface area contributed by atoms with Crippen LogP contribution in [0.5, 0.6) is 0 Å². The van der Waals surface area contributed by atoms with E-state index in [0.29, 0.717) is 12.0 Å². The minimum Gasteiger partial charge on any atom is -0.385 e. The highest BCUT2D eigenvalue weighted by Gasteiger charge is 2.14. The van der Waals surface area contributed by atoms with Gasteiger partial charge in [-0.25, -0.2) is 0 Å². The summed E-state index contributed by atoms with van der Waals surface area (Å²) in [6, 6.07) is 2.41. The maximum absolute atomic E-state index is 5.08. The highest BCUT2D eigenvalue weighted by Crippen LogP contribution is 2.20. The van der Waals surface area contributed by atoms with Crippen molar-refractivity contribution in [2.45, 2.75) is 26.3 Å². The summed E-state index contributed by atoms with van der Waals surface area (Å²) in [6.07, 6.45) is 4.86. The van der Waals surface area contributed by atoms with Crippen LogP contribution in [0.3, 0.4) is 0 Å². The molecule has 0 N–H and O–H groups in total. The number of methoxy groups -OCH3 is 1. The first-order valence-corrected chi connectivity index (χ1v) is 4.73. The molecule has 74 valence electrons. The third kappa shape index (κ3) is 2.84. The van der Waals surface area contributed by atoms with Crippen molar-refractivity contribution in [2.75, 3.05) is 13.7 Å². The Morgan fingerprint density at radius 2 is 2.23 bits per heavy atom. The van der Waals surface area contributed by atoms with Gasteiger partial charge in [-0.05, 0) is 18.4 Å². The van der Waals surface area contributed by atoms with E-state index in [0.717, 1.165) is 13.0 Å². The Balaban J connectivity index is 2.58. The minimum absolute atomic E-state index is 0.454. The van der Waals surface area contributed by atoms with Crippen molar-refractivity contribution in [3.05, 3.63) is 18.5 Å². The molecule has 1 aromatic heterocycles.